The minimum atomic E-state index is 0.518. The molecule has 18 heavy (non-hydrogen) atoms. The summed E-state index contributed by atoms with van der Waals surface area (Å²) in [7, 11) is 0. The number of rotatable bonds is 6. The van der Waals surface area contributed by atoms with Crippen molar-refractivity contribution >= 4 is 0 Å². The Hall–Kier alpha value is -1.18. The van der Waals surface area contributed by atoms with Crippen LogP contribution < -0.4 is 9.47 Å². The van der Waals surface area contributed by atoms with Crippen molar-refractivity contribution in [2.24, 2.45) is 11.8 Å². The van der Waals surface area contributed by atoms with Crippen LogP contribution in [0.25, 0.3) is 0 Å². The summed E-state index contributed by atoms with van der Waals surface area (Å²) < 4.78 is 11.7. The third kappa shape index (κ3) is 4.59. The van der Waals surface area contributed by atoms with E-state index in [-0.39, 0.29) is 0 Å². The van der Waals surface area contributed by atoms with Gasteiger partial charge in [0.25, 0.3) is 0 Å². The summed E-state index contributed by atoms with van der Waals surface area (Å²) in [6.07, 6.45) is 0. The minimum absolute atomic E-state index is 0.518. The largest absolute Gasteiger partial charge is 0.489 e. The second-order valence-corrected chi connectivity index (χ2v) is 5.79. The van der Waals surface area contributed by atoms with E-state index in [2.05, 4.69) is 53.7 Å². The lowest BCUT2D eigenvalue weighted by Crippen LogP contribution is -2.09. The first-order valence-electron chi connectivity index (χ1n) is 6.77. The van der Waals surface area contributed by atoms with Gasteiger partial charge in [0.15, 0.2) is 11.5 Å². The van der Waals surface area contributed by atoms with Gasteiger partial charge in [0, 0.05) is 0 Å². The highest BCUT2D eigenvalue weighted by molar-refractivity contribution is 5.46. The molecule has 0 heterocycles. The van der Waals surface area contributed by atoms with Gasteiger partial charge in [-0.1, -0.05) is 27.7 Å². The van der Waals surface area contributed by atoms with Crippen molar-refractivity contribution in [3.63, 3.8) is 0 Å². The fourth-order valence-electron chi connectivity index (χ4n) is 1.50. The molecule has 0 aliphatic heterocycles. The van der Waals surface area contributed by atoms with Gasteiger partial charge in [-0.25, -0.2) is 0 Å². The normalized spacial score (nSPS) is 11.1. The third-order valence-corrected chi connectivity index (χ3v) is 2.70. The summed E-state index contributed by atoms with van der Waals surface area (Å²) in [6.45, 7) is 14.2. The first-order valence-corrected chi connectivity index (χ1v) is 6.77. The molecule has 0 N–H and O–H groups in total. The van der Waals surface area contributed by atoms with Crippen LogP contribution in [0.15, 0.2) is 12.1 Å². The summed E-state index contributed by atoms with van der Waals surface area (Å²) in [6, 6.07) is 4.15. The molecule has 0 saturated carbocycles. The molecule has 0 radical (unpaired) electrons. The van der Waals surface area contributed by atoms with Crippen LogP contribution in [-0.4, -0.2) is 13.2 Å². The van der Waals surface area contributed by atoms with Gasteiger partial charge >= 0.3 is 0 Å². The Morgan fingerprint density at radius 3 is 1.39 bits per heavy atom. The maximum absolute atomic E-state index is 5.84. The molecule has 0 aliphatic rings. The van der Waals surface area contributed by atoms with Gasteiger partial charge in [-0.2, -0.15) is 0 Å². The Balaban J connectivity index is 2.86. The molecule has 0 aromatic heterocycles. The fraction of sp³-hybridized carbons (Fsp3) is 0.625. The van der Waals surface area contributed by atoms with Gasteiger partial charge in [-0.3, -0.25) is 0 Å². The number of hydrogen-bond acceptors (Lipinski definition) is 2. The molecule has 0 fully saturated rings. The molecular formula is C16H26O2. The highest BCUT2D eigenvalue weighted by atomic mass is 16.5. The standard InChI is InChI=1S/C16H26O2/c1-11(2)9-17-15-7-13(5)14(6)8-16(15)18-10-12(3)4/h7-8,11-12H,9-10H2,1-6H3. The van der Waals surface area contributed by atoms with Crippen molar-refractivity contribution in [3.8, 4) is 11.5 Å². The number of hydrogen-bond donors (Lipinski definition) is 0. The van der Waals surface area contributed by atoms with Crippen LogP contribution >= 0.6 is 0 Å². The molecule has 0 bridgehead atoms. The summed E-state index contributed by atoms with van der Waals surface area (Å²) in [5, 5.41) is 0. The average Bonchev–Trinajstić information content (AvgIpc) is 2.28. The Morgan fingerprint density at radius 1 is 0.778 bits per heavy atom. The number of ether oxygens (including phenoxy) is 2. The molecule has 0 spiro atoms. The molecule has 1 rings (SSSR count). The van der Waals surface area contributed by atoms with Crippen LogP contribution in [0.5, 0.6) is 11.5 Å². The van der Waals surface area contributed by atoms with E-state index in [1.54, 1.807) is 0 Å². The quantitative estimate of drug-likeness (QED) is 0.746. The van der Waals surface area contributed by atoms with Gasteiger partial charge in [0.05, 0.1) is 13.2 Å². The maximum Gasteiger partial charge on any atom is 0.161 e. The maximum atomic E-state index is 5.84. The average molecular weight is 250 g/mol. The smallest absolute Gasteiger partial charge is 0.161 e. The van der Waals surface area contributed by atoms with Crippen molar-refractivity contribution in [1.29, 1.82) is 0 Å². The first-order chi connectivity index (χ1) is 8.40. The lowest BCUT2D eigenvalue weighted by atomic mass is 10.1. The van der Waals surface area contributed by atoms with Crippen molar-refractivity contribution in [1.82, 2.24) is 0 Å². The zero-order valence-electron chi connectivity index (χ0n) is 12.5. The van der Waals surface area contributed by atoms with Crippen LogP contribution in [-0.2, 0) is 0 Å². The van der Waals surface area contributed by atoms with Gasteiger partial charge < -0.3 is 9.47 Å². The van der Waals surface area contributed by atoms with E-state index >= 15 is 0 Å². The van der Waals surface area contributed by atoms with E-state index in [1.807, 2.05) is 0 Å². The highest BCUT2D eigenvalue weighted by Gasteiger charge is 2.09. The van der Waals surface area contributed by atoms with Crippen molar-refractivity contribution in [2.45, 2.75) is 41.5 Å². The molecule has 0 atom stereocenters. The Bertz CT molecular complexity index is 344. The fourth-order valence-corrected chi connectivity index (χ4v) is 1.50. The minimum Gasteiger partial charge on any atom is -0.489 e. The van der Waals surface area contributed by atoms with Gasteiger partial charge in [-0.05, 0) is 48.9 Å². The summed E-state index contributed by atoms with van der Waals surface area (Å²) in [5.41, 5.74) is 2.48. The summed E-state index contributed by atoms with van der Waals surface area (Å²) in [4.78, 5) is 0. The predicted octanol–water partition coefficient (Wildman–Crippen LogP) is 4.37. The molecule has 102 valence electrons. The Kier molecular flexibility index (Phi) is 5.52. The van der Waals surface area contributed by atoms with Crippen LogP contribution in [0, 0.1) is 25.7 Å². The second kappa shape index (κ2) is 6.67. The molecule has 2 nitrogen and oxygen atoms in total. The molecule has 2 heteroatoms. The van der Waals surface area contributed by atoms with Crippen LogP contribution in [0.4, 0.5) is 0 Å². The van der Waals surface area contributed by atoms with Gasteiger partial charge in [-0.15, -0.1) is 0 Å². The molecule has 1 aromatic carbocycles. The molecule has 1 aromatic rings. The third-order valence-electron chi connectivity index (χ3n) is 2.70. The van der Waals surface area contributed by atoms with Gasteiger partial charge in [0.1, 0.15) is 0 Å². The van der Waals surface area contributed by atoms with E-state index in [0.717, 1.165) is 24.7 Å². The summed E-state index contributed by atoms with van der Waals surface area (Å²) >= 11 is 0. The zero-order valence-corrected chi connectivity index (χ0v) is 12.5. The number of aryl methyl sites for hydroxylation is 2. The highest BCUT2D eigenvalue weighted by Crippen LogP contribution is 2.31. The summed E-state index contributed by atoms with van der Waals surface area (Å²) in [5.74, 6) is 2.77. The van der Waals surface area contributed by atoms with Crippen LogP contribution in [0.3, 0.4) is 0 Å². The van der Waals surface area contributed by atoms with E-state index in [1.165, 1.54) is 11.1 Å². The SMILES string of the molecule is Cc1cc(OCC(C)C)c(OCC(C)C)cc1C. The molecule has 0 aliphatic carbocycles. The Morgan fingerprint density at radius 2 is 1.11 bits per heavy atom. The van der Waals surface area contributed by atoms with E-state index < -0.39 is 0 Å². The monoisotopic (exact) mass is 250 g/mol. The Labute approximate surface area is 111 Å². The second-order valence-electron chi connectivity index (χ2n) is 5.79. The topological polar surface area (TPSA) is 18.5 Å². The van der Waals surface area contributed by atoms with E-state index in [4.69, 9.17) is 9.47 Å². The van der Waals surface area contributed by atoms with Crippen molar-refractivity contribution in [2.75, 3.05) is 13.2 Å². The molecule has 0 saturated heterocycles. The predicted molar refractivity (Wildman–Crippen MR) is 76.6 cm³/mol. The van der Waals surface area contributed by atoms with E-state index in [9.17, 15) is 0 Å². The van der Waals surface area contributed by atoms with Crippen LogP contribution in [0.1, 0.15) is 38.8 Å². The lowest BCUT2D eigenvalue weighted by molar-refractivity contribution is 0.229. The molecule has 0 amide bonds. The number of benzene rings is 1. The van der Waals surface area contributed by atoms with Crippen LogP contribution in [0.2, 0.25) is 0 Å². The first kappa shape index (κ1) is 14.9. The van der Waals surface area contributed by atoms with Crippen molar-refractivity contribution < 1.29 is 9.47 Å². The molecule has 0 unspecified atom stereocenters. The van der Waals surface area contributed by atoms with Gasteiger partial charge in [0.2, 0.25) is 0 Å². The molecular weight excluding hydrogens is 224 g/mol. The zero-order chi connectivity index (χ0) is 13.7. The van der Waals surface area contributed by atoms with Crippen molar-refractivity contribution in [3.05, 3.63) is 23.3 Å². The van der Waals surface area contributed by atoms with E-state index in [0.29, 0.717) is 11.8 Å². The lowest BCUT2D eigenvalue weighted by Gasteiger charge is -2.17.